The molecule has 1 aliphatic heterocycles. The van der Waals surface area contributed by atoms with Gasteiger partial charge < -0.3 is 10.6 Å². The second kappa shape index (κ2) is 7.22. The molecule has 0 spiro atoms. The van der Waals surface area contributed by atoms with Crippen molar-refractivity contribution in [3.8, 4) is 0 Å². The Morgan fingerprint density at radius 2 is 2.06 bits per heavy atom. The Balaban J connectivity index is 0.00000256. The number of amides is 1. The van der Waals surface area contributed by atoms with E-state index in [1.54, 1.807) is 0 Å². The van der Waals surface area contributed by atoms with Gasteiger partial charge in [-0.05, 0) is 37.1 Å². The summed E-state index contributed by atoms with van der Waals surface area (Å²) in [4.78, 5) is 14.1. The van der Waals surface area contributed by atoms with E-state index in [2.05, 4.69) is 20.8 Å². The molecule has 0 aliphatic carbocycles. The van der Waals surface area contributed by atoms with Crippen molar-refractivity contribution in [1.82, 2.24) is 4.90 Å². The van der Waals surface area contributed by atoms with Crippen LogP contribution in [-0.4, -0.2) is 30.4 Å². The van der Waals surface area contributed by atoms with Crippen molar-refractivity contribution in [2.75, 3.05) is 19.6 Å². The zero-order valence-corrected chi connectivity index (χ0v) is 12.2. The van der Waals surface area contributed by atoms with Gasteiger partial charge in [-0.3, -0.25) is 4.79 Å². The van der Waals surface area contributed by atoms with Crippen LogP contribution < -0.4 is 5.73 Å². The van der Waals surface area contributed by atoms with Crippen LogP contribution in [0.3, 0.4) is 0 Å². The second-order valence-electron chi connectivity index (χ2n) is 6.16. The molecular formula is C13H27ClN2O. The Morgan fingerprint density at radius 1 is 1.41 bits per heavy atom. The average molecular weight is 263 g/mol. The molecule has 1 heterocycles. The third-order valence-corrected chi connectivity index (χ3v) is 3.13. The minimum Gasteiger partial charge on any atom is -0.342 e. The molecule has 4 heteroatoms. The molecule has 1 fully saturated rings. The topological polar surface area (TPSA) is 46.3 Å². The van der Waals surface area contributed by atoms with E-state index in [1.165, 1.54) is 6.42 Å². The molecule has 0 saturated carbocycles. The summed E-state index contributed by atoms with van der Waals surface area (Å²) in [6, 6.07) is 0. The molecule has 1 aliphatic rings. The molecule has 17 heavy (non-hydrogen) atoms. The van der Waals surface area contributed by atoms with Crippen LogP contribution in [0.1, 0.15) is 46.5 Å². The lowest BCUT2D eigenvalue weighted by atomic mass is 9.90. The van der Waals surface area contributed by atoms with Gasteiger partial charge in [0, 0.05) is 19.5 Å². The molecule has 102 valence electrons. The van der Waals surface area contributed by atoms with Crippen LogP contribution in [0, 0.1) is 11.3 Å². The van der Waals surface area contributed by atoms with Gasteiger partial charge in [0.2, 0.25) is 5.91 Å². The van der Waals surface area contributed by atoms with Crippen LogP contribution >= 0.6 is 12.4 Å². The molecule has 1 rings (SSSR count). The molecule has 1 unspecified atom stereocenters. The van der Waals surface area contributed by atoms with Gasteiger partial charge in [0.25, 0.3) is 0 Å². The summed E-state index contributed by atoms with van der Waals surface area (Å²) >= 11 is 0. The van der Waals surface area contributed by atoms with Gasteiger partial charge >= 0.3 is 0 Å². The quantitative estimate of drug-likeness (QED) is 0.849. The zero-order valence-electron chi connectivity index (χ0n) is 11.4. The van der Waals surface area contributed by atoms with Crippen LogP contribution in [0.25, 0.3) is 0 Å². The number of carbonyl (C=O) groups excluding carboxylic acids is 1. The van der Waals surface area contributed by atoms with Crippen molar-refractivity contribution < 1.29 is 4.79 Å². The maximum absolute atomic E-state index is 12.1. The van der Waals surface area contributed by atoms with E-state index >= 15 is 0 Å². The number of carbonyl (C=O) groups is 1. The van der Waals surface area contributed by atoms with Gasteiger partial charge in [-0.2, -0.15) is 0 Å². The van der Waals surface area contributed by atoms with Crippen LogP contribution in [-0.2, 0) is 4.79 Å². The summed E-state index contributed by atoms with van der Waals surface area (Å²) in [5.41, 5.74) is 5.67. The van der Waals surface area contributed by atoms with Gasteiger partial charge in [-0.25, -0.2) is 0 Å². The summed E-state index contributed by atoms with van der Waals surface area (Å²) in [5.74, 6) is 0.942. The summed E-state index contributed by atoms with van der Waals surface area (Å²) in [5, 5.41) is 0. The van der Waals surface area contributed by atoms with Gasteiger partial charge in [-0.15, -0.1) is 12.4 Å². The molecular weight excluding hydrogens is 236 g/mol. The lowest BCUT2D eigenvalue weighted by Crippen LogP contribution is -2.41. The van der Waals surface area contributed by atoms with E-state index < -0.39 is 0 Å². The summed E-state index contributed by atoms with van der Waals surface area (Å²) in [6.07, 6.45) is 4.08. The first kappa shape index (κ1) is 16.7. The van der Waals surface area contributed by atoms with Crippen molar-refractivity contribution in [1.29, 1.82) is 0 Å². The van der Waals surface area contributed by atoms with Crippen molar-refractivity contribution in [2.45, 2.75) is 46.5 Å². The second-order valence-corrected chi connectivity index (χ2v) is 6.16. The molecule has 1 atom stereocenters. The number of rotatable bonds is 3. The minimum atomic E-state index is 0. The Morgan fingerprint density at radius 3 is 2.59 bits per heavy atom. The molecule has 0 aromatic carbocycles. The van der Waals surface area contributed by atoms with E-state index in [1.807, 2.05) is 4.90 Å². The van der Waals surface area contributed by atoms with Crippen LogP contribution in [0.5, 0.6) is 0 Å². The van der Waals surface area contributed by atoms with Gasteiger partial charge in [0.15, 0.2) is 0 Å². The number of nitrogens with zero attached hydrogens (tertiary/aromatic N) is 1. The summed E-state index contributed by atoms with van der Waals surface area (Å²) in [6.45, 7) is 8.96. The van der Waals surface area contributed by atoms with E-state index in [9.17, 15) is 4.79 Å². The van der Waals surface area contributed by atoms with E-state index in [0.717, 1.165) is 32.5 Å². The fourth-order valence-electron chi connectivity index (χ4n) is 2.33. The van der Waals surface area contributed by atoms with Crippen molar-refractivity contribution >= 4 is 18.3 Å². The first-order chi connectivity index (χ1) is 7.42. The maximum Gasteiger partial charge on any atom is 0.223 e. The number of nitrogens with two attached hydrogens (primary N) is 1. The highest BCUT2D eigenvalue weighted by atomic mass is 35.5. The van der Waals surface area contributed by atoms with E-state index in [0.29, 0.717) is 18.2 Å². The van der Waals surface area contributed by atoms with E-state index in [4.69, 9.17) is 5.73 Å². The predicted molar refractivity (Wildman–Crippen MR) is 74.3 cm³/mol. The minimum absolute atomic E-state index is 0. The lowest BCUT2D eigenvalue weighted by Gasteiger charge is -2.34. The molecule has 2 N–H and O–H groups in total. The Bertz CT molecular complexity index is 236. The standard InChI is InChI=1S/C13H26N2O.ClH/c1-13(2,3)9-12(16)15-8-4-5-11(10-15)6-7-14;/h11H,4-10,14H2,1-3H3;1H. The third kappa shape index (κ3) is 6.27. The largest absolute Gasteiger partial charge is 0.342 e. The van der Waals surface area contributed by atoms with Gasteiger partial charge in [-0.1, -0.05) is 20.8 Å². The Labute approximate surface area is 112 Å². The monoisotopic (exact) mass is 262 g/mol. The number of piperidine rings is 1. The number of hydrogen-bond acceptors (Lipinski definition) is 2. The van der Waals surface area contributed by atoms with Crippen LogP contribution in [0.2, 0.25) is 0 Å². The van der Waals surface area contributed by atoms with Crippen molar-refractivity contribution in [3.05, 3.63) is 0 Å². The molecule has 3 nitrogen and oxygen atoms in total. The summed E-state index contributed by atoms with van der Waals surface area (Å²) < 4.78 is 0. The molecule has 1 amide bonds. The zero-order chi connectivity index (χ0) is 12.2. The molecule has 0 radical (unpaired) electrons. The van der Waals surface area contributed by atoms with Crippen LogP contribution in [0.4, 0.5) is 0 Å². The first-order valence-electron chi connectivity index (χ1n) is 6.40. The Kier molecular flexibility index (Phi) is 7.10. The highest BCUT2D eigenvalue weighted by molar-refractivity contribution is 5.85. The third-order valence-electron chi connectivity index (χ3n) is 3.13. The number of hydrogen-bond donors (Lipinski definition) is 1. The number of halogens is 1. The van der Waals surface area contributed by atoms with Gasteiger partial charge in [0.1, 0.15) is 0 Å². The maximum atomic E-state index is 12.1. The number of likely N-dealkylation sites (tertiary alicyclic amines) is 1. The SMILES string of the molecule is CC(C)(C)CC(=O)N1CCCC(CCN)C1.Cl. The predicted octanol–water partition coefficient (Wildman–Crippen LogP) is 2.43. The average Bonchev–Trinajstić information content (AvgIpc) is 2.16. The highest BCUT2D eigenvalue weighted by Gasteiger charge is 2.25. The summed E-state index contributed by atoms with van der Waals surface area (Å²) in [7, 11) is 0. The molecule has 1 saturated heterocycles. The highest BCUT2D eigenvalue weighted by Crippen LogP contribution is 2.24. The molecule has 0 bridgehead atoms. The van der Waals surface area contributed by atoms with Gasteiger partial charge in [0.05, 0.1) is 0 Å². The molecule has 0 aromatic heterocycles. The van der Waals surface area contributed by atoms with Crippen molar-refractivity contribution in [3.63, 3.8) is 0 Å². The van der Waals surface area contributed by atoms with Crippen molar-refractivity contribution in [2.24, 2.45) is 17.1 Å². The smallest absolute Gasteiger partial charge is 0.223 e. The first-order valence-corrected chi connectivity index (χ1v) is 6.40. The fraction of sp³-hybridized carbons (Fsp3) is 0.923. The normalized spacial score (nSPS) is 20.9. The van der Waals surface area contributed by atoms with Crippen LogP contribution in [0.15, 0.2) is 0 Å². The lowest BCUT2D eigenvalue weighted by molar-refractivity contribution is -0.134. The fourth-order valence-corrected chi connectivity index (χ4v) is 2.33. The Hall–Kier alpha value is -0.280. The molecule has 0 aromatic rings. The van der Waals surface area contributed by atoms with E-state index in [-0.39, 0.29) is 17.8 Å².